The van der Waals surface area contributed by atoms with Crippen LogP contribution in [0.5, 0.6) is 0 Å². The van der Waals surface area contributed by atoms with Gasteiger partial charge in [0.25, 0.3) is 0 Å². The second-order valence-electron chi connectivity index (χ2n) is 4.35. The van der Waals surface area contributed by atoms with Crippen molar-refractivity contribution >= 4 is 28.4 Å². The summed E-state index contributed by atoms with van der Waals surface area (Å²) in [5, 5.41) is 4.29. The van der Waals surface area contributed by atoms with Gasteiger partial charge in [0, 0.05) is 12.2 Å². The summed E-state index contributed by atoms with van der Waals surface area (Å²) in [4.78, 5) is 8.87. The Labute approximate surface area is 120 Å². The van der Waals surface area contributed by atoms with E-state index in [1.807, 2.05) is 10.9 Å². The van der Waals surface area contributed by atoms with E-state index in [9.17, 15) is 0 Å². The normalized spacial score (nSPS) is 11.2. The Balaban J connectivity index is 2.47. The van der Waals surface area contributed by atoms with Crippen LogP contribution in [-0.4, -0.2) is 19.7 Å². The fraction of sp³-hybridized carbons (Fsp3) is 0.417. The van der Waals surface area contributed by atoms with Crippen molar-refractivity contribution in [3.8, 4) is 11.4 Å². The van der Waals surface area contributed by atoms with Crippen molar-refractivity contribution in [2.45, 2.75) is 33.2 Å². The molecule has 2 heterocycles. The second-order valence-corrected chi connectivity index (χ2v) is 5.43. The summed E-state index contributed by atoms with van der Waals surface area (Å²) < 4.78 is 2.83. The molecule has 0 saturated heterocycles. The second kappa shape index (κ2) is 5.21. The van der Waals surface area contributed by atoms with Crippen LogP contribution in [0.4, 0.5) is 5.82 Å². The summed E-state index contributed by atoms with van der Waals surface area (Å²) in [6.45, 7) is 6.22. The van der Waals surface area contributed by atoms with Gasteiger partial charge in [-0.3, -0.25) is 4.68 Å². The maximum atomic E-state index is 5.92. The van der Waals surface area contributed by atoms with Crippen LogP contribution in [0.3, 0.4) is 0 Å². The van der Waals surface area contributed by atoms with E-state index in [1.165, 1.54) is 0 Å². The summed E-state index contributed by atoms with van der Waals surface area (Å²) in [6.07, 6.45) is 4.57. The molecule has 0 aliphatic rings. The highest BCUT2D eigenvalue weighted by Crippen LogP contribution is 2.22. The van der Waals surface area contributed by atoms with Gasteiger partial charge in [0.05, 0.1) is 21.0 Å². The van der Waals surface area contributed by atoms with Crippen LogP contribution < -0.4 is 5.73 Å². The van der Waals surface area contributed by atoms with Crippen LogP contribution in [-0.2, 0) is 6.42 Å². The molecule has 0 radical (unpaired) electrons. The van der Waals surface area contributed by atoms with Crippen molar-refractivity contribution in [1.82, 2.24) is 19.7 Å². The van der Waals surface area contributed by atoms with E-state index in [-0.39, 0.29) is 0 Å². The number of halogens is 1. The predicted molar refractivity (Wildman–Crippen MR) is 80.1 cm³/mol. The van der Waals surface area contributed by atoms with Gasteiger partial charge in [0.2, 0.25) is 0 Å². The van der Waals surface area contributed by atoms with Crippen LogP contribution in [0.15, 0.2) is 12.4 Å². The molecule has 0 fully saturated rings. The van der Waals surface area contributed by atoms with E-state index in [1.54, 1.807) is 6.20 Å². The number of hydrogen-bond acceptors (Lipinski definition) is 4. The first-order valence-corrected chi connectivity index (χ1v) is 6.97. The third kappa shape index (κ3) is 2.47. The Morgan fingerprint density at radius 1 is 1.39 bits per heavy atom. The van der Waals surface area contributed by atoms with Crippen molar-refractivity contribution in [2.75, 3.05) is 5.73 Å². The molecular weight excluding hydrogens is 341 g/mol. The third-order valence-corrected chi connectivity index (χ3v) is 3.84. The van der Waals surface area contributed by atoms with E-state index in [4.69, 9.17) is 5.73 Å². The number of rotatable bonds is 3. The van der Waals surface area contributed by atoms with Gasteiger partial charge in [-0.1, -0.05) is 6.92 Å². The molecule has 0 unspecified atom stereocenters. The van der Waals surface area contributed by atoms with Crippen LogP contribution in [0.1, 0.15) is 32.5 Å². The average molecular weight is 357 g/mol. The number of aromatic nitrogens is 4. The number of nitrogens with zero attached hydrogens (tertiary/aromatic N) is 4. The maximum absolute atomic E-state index is 5.92. The van der Waals surface area contributed by atoms with E-state index < -0.39 is 0 Å². The molecule has 0 aliphatic carbocycles. The molecule has 5 nitrogen and oxygen atoms in total. The lowest BCUT2D eigenvalue weighted by molar-refractivity contribution is 0.532. The molecule has 0 saturated carbocycles. The van der Waals surface area contributed by atoms with Gasteiger partial charge < -0.3 is 5.73 Å². The van der Waals surface area contributed by atoms with Gasteiger partial charge in [-0.05, 0) is 42.9 Å². The molecule has 2 aromatic heterocycles. The molecule has 0 aliphatic heterocycles. The molecule has 2 aromatic rings. The molecule has 18 heavy (non-hydrogen) atoms. The van der Waals surface area contributed by atoms with E-state index in [0.717, 1.165) is 21.2 Å². The van der Waals surface area contributed by atoms with Crippen LogP contribution in [0.25, 0.3) is 11.4 Å². The minimum atomic E-state index is 0.325. The molecule has 0 aromatic carbocycles. The molecular formula is C12H16IN5. The Kier molecular flexibility index (Phi) is 3.84. The Morgan fingerprint density at radius 2 is 2.11 bits per heavy atom. The lowest BCUT2D eigenvalue weighted by atomic mass is 10.2. The van der Waals surface area contributed by atoms with Crippen LogP contribution in [0.2, 0.25) is 0 Å². The number of hydrogen-bond donors (Lipinski definition) is 1. The van der Waals surface area contributed by atoms with Crippen LogP contribution in [0, 0.1) is 3.57 Å². The van der Waals surface area contributed by atoms with Crippen molar-refractivity contribution in [3.05, 3.63) is 21.7 Å². The smallest absolute Gasteiger partial charge is 0.165 e. The highest BCUT2D eigenvalue weighted by Gasteiger charge is 2.12. The minimum absolute atomic E-state index is 0.325. The lowest BCUT2D eigenvalue weighted by Crippen LogP contribution is -2.04. The van der Waals surface area contributed by atoms with Gasteiger partial charge in [0.15, 0.2) is 5.82 Å². The number of nitrogens with two attached hydrogens (primary N) is 1. The zero-order valence-corrected chi connectivity index (χ0v) is 12.8. The Bertz CT molecular complexity index is 562. The molecule has 2 N–H and O–H groups in total. The van der Waals surface area contributed by atoms with Crippen molar-refractivity contribution in [2.24, 2.45) is 0 Å². The monoisotopic (exact) mass is 357 g/mol. The zero-order chi connectivity index (χ0) is 13.3. The van der Waals surface area contributed by atoms with Crippen molar-refractivity contribution in [1.29, 1.82) is 0 Å². The number of nitrogen functional groups attached to an aromatic ring is 1. The molecule has 2 rings (SSSR count). The summed E-state index contributed by atoms with van der Waals surface area (Å²) in [7, 11) is 0. The van der Waals surface area contributed by atoms with Gasteiger partial charge in [-0.2, -0.15) is 5.10 Å². The minimum Gasteiger partial charge on any atom is -0.383 e. The number of anilines is 1. The predicted octanol–water partition coefficient (Wildman–Crippen LogP) is 2.67. The van der Waals surface area contributed by atoms with Gasteiger partial charge in [-0.25, -0.2) is 9.97 Å². The third-order valence-electron chi connectivity index (χ3n) is 2.67. The molecule has 0 spiro atoms. The first kappa shape index (κ1) is 13.3. The topological polar surface area (TPSA) is 69.6 Å². The van der Waals surface area contributed by atoms with Crippen LogP contribution >= 0.6 is 22.6 Å². The Hall–Kier alpha value is -1.18. The van der Waals surface area contributed by atoms with Gasteiger partial charge in [0.1, 0.15) is 5.82 Å². The molecule has 0 bridgehead atoms. The fourth-order valence-corrected chi connectivity index (χ4v) is 2.23. The summed E-state index contributed by atoms with van der Waals surface area (Å²) in [6, 6.07) is 0.325. The lowest BCUT2D eigenvalue weighted by Gasteiger charge is -2.06. The fourth-order valence-electron chi connectivity index (χ4n) is 1.61. The largest absolute Gasteiger partial charge is 0.383 e. The SMILES string of the molecule is CCc1nc(-c2cnn(C(C)C)c2)nc(N)c1I. The standard InChI is InChI=1S/C12H16IN5/c1-4-9-10(13)11(14)17-12(16-9)8-5-15-18(6-8)7(2)3/h5-7H,4H2,1-3H3,(H2,14,16,17). The molecule has 0 atom stereocenters. The quantitative estimate of drug-likeness (QED) is 0.858. The zero-order valence-electron chi connectivity index (χ0n) is 10.7. The summed E-state index contributed by atoms with van der Waals surface area (Å²) in [5.41, 5.74) is 7.80. The van der Waals surface area contributed by atoms with E-state index in [0.29, 0.717) is 17.7 Å². The number of aryl methyl sites for hydroxylation is 1. The highest BCUT2D eigenvalue weighted by atomic mass is 127. The van der Waals surface area contributed by atoms with E-state index in [2.05, 4.69) is 58.4 Å². The molecule has 96 valence electrons. The van der Waals surface area contributed by atoms with E-state index >= 15 is 0 Å². The van der Waals surface area contributed by atoms with Crippen molar-refractivity contribution in [3.63, 3.8) is 0 Å². The first-order valence-electron chi connectivity index (χ1n) is 5.89. The maximum Gasteiger partial charge on any atom is 0.165 e. The first-order chi connectivity index (χ1) is 8.52. The van der Waals surface area contributed by atoms with Gasteiger partial charge in [-0.15, -0.1) is 0 Å². The highest BCUT2D eigenvalue weighted by molar-refractivity contribution is 14.1. The summed E-state index contributed by atoms with van der Waals surface area (Å²) in [5.74, 6) is 1.19. The molecule has 6 heteroatoms. The van der Waals surface area contributed by atoms with Crippen molar-refractivity contribution < 1.29 is 0 Å². The average Bonchev–Trinajstić information content (AvgIpc) is 2.82. The van der Waals surface area contributed by atoms with Gasteiger partial charge >= 0.3 is 0 Å². The molecule has 0 amide bonds. The summed E-state index contributed by atoms with van der Waals surface area (Å²) >= 11 is 2.19. The Morgan fingerprint density at radius 3 is 2.67 bits per heavy atom.